The molecule has 1 aromatic heterocycles. The van der Waals surface area contributed by atoms with Gasteiger partial charge < -0.3 is 15.0 Å². The van der Waals surface area contributed by atoms with Gasteiger partial charge in [-0.1, -0.05) is 25.9 Å². The molecular formula is C14H18FN3O2. The van der Waals surface area contributed by atoms with Gasteiger partial charge in [0.2, 0.25) is 0 Å². The molecule has 0 aliphatic heterocycles. The third-order valence-electron chi connectivity index (χ3n) is 3.06. The zero-order valence-electron chi connectivity index (χ0n) is 12.0. The van der Waals surface area contributed by atoms with E-state index in [-0.39, 0.29) is 22.9 Å². The maximum absolute atomic E-state index is 13.9. The Labute approximate surface area is 116 Å². The fourth-order valence-corrected chi connectivity index (χ4v) is 1.65. The van der Waals surface area contributed by atoms with E-state index < -0.39 is 5.82 Å². The maximum Gasteiger partial charge on any atom is 0.260 e. The van der Waals surface area contributed by atoms with Crippen LogP contribution in [0.25, 0.3) is 11.5 Å². The molecule has 6 heteroatoms. The Morgan fingerprint density at radius 3 is 2.60 bits per heavy atom. The predicted molar refractivity (Wildman–Crippen MR) is 72.6 cm³/mol. The Bertz CT molecular complexity index is 605. The summed E-state index contributed by atoms with van der Waals surface area (Å²) < 4.78 is 24.0. The molecule has 0 saturated heterocycles. The molecule has 0 amide bonds. The summed E-state index contributed by atoms with van der Waals surface area (Å²) in [5.74, 6) is 0.420. The van der Waals surface area contributed by atoms with Crippen molar-refractivity contribution in [3.05, 3.63) is 29.8 Å². The van der Waals surface area contributed by atoms with E-state index in [4.69, 9.17) is 15.0 Å². The lowest BCUT2D eigenvalue weighted by Gasteiger charge is -2.23. The van der Waals surface area contributed by atoms with Crippen LogP contribution in [0.2, 0.25) is 0 Å². The number of halogens is 1. The van der Waals surface area contributed by atoms with Crippen LogP contribution in [0.5, 0.6) is 5.75 Å². The highest BCUT2D eigenvalue weighted by atomic mass is 19.1. The summed E-state index contributed by atoms with van der Waals surface area (Å²) in [6, 6.07) is 4.05. The Kier molecular flexibility index (Phi) is 3.76. The van der Waals surface area contributed by atoms with Crippen LogP contribution >= 0.6 is 0 Å². The molecule has 1 unspecified atom stereocenters. The van der Waals surface area contributed by atoms with E-state index in [0.717, 1.165) is 0 Å². The molecule has 2 rings (SSSR count). The van der Waals surface area contributed by atoms with Crippen LogP contribution in [0, 0.1) is 11.2 Å². The van der Waals surface area contributed by atoms with Gasteiger partial charge in [-0.2, -0.15) is 4.98 Å². The van der Waals surface area contributed by atoms with Gasteiger partial charge in [0.05, 0.1) is 18.7 Å². The Morgan fingerprint density at radius 1 is 1.35 bits per heavy atom. The van der Waals surface area contributed by atoms with Gasteiger partial charge >= 0.3 is 0 Å². The van der Waals surface area contributed by atoms with Crippen LogP contribution in [0.4, 0.5) is 4.39 Å². The first-order chi connectivity index (χ1) is 9.32. The van der Waals surface area contributed by atoms with Gasteiger partial charge in [-0.15, -0.1) is 0 Å². The van der Waals surface area contributed by atoms with Crippen LogP contribution < -0.4 is 10.5 Å². The van der Waals surface area contributed by atoms with Crippen molar-refractivity contribution in [3.63, 3.8) is 0 Å². The summed E-state index contributed by atoms with van der Waals surface area (Å²) in [5.41, 5.74) is 6.07. The zero-order chi connectivity index (χ0) is 14.9. The fourth-order valence-electron chi connectivity index (χ4n) is 1.65. The van der Waals surface area contributed by atoms with E-state index in [9.17, 15) is 4.39 Å². The molecule has 1 atom stereocenters. The molecule has 20 heavy (non-hydrogen) atoms. The van der Waals surface area contributed by atoms with E-state index >= 15 is 0 Å². The molecule has 0 aliphatic carbocycles. The largest absolute Gasteiger partial charge is 0.497 e. The minimum atomic E-state index is -0.483. The highest BCUT2D eigenvalue weighted by Gasteiger charge is 2.27. The van der Waals surface area contributed by atoms with E-state index in [1.54, 1.807) is 6.07 Å². The molecule has 2 aromatic rings. The number of rotatable bonds is 3. The SMILES string of the molecule is COc1ccc(-c2nc(C(N)C(C)(C)C)no2)c(F)c1. The summed E-state index contributed by atoms with van der Waals surface area (Å²) in [4.78, 5) is 4.18. The second-order valence-electron chi connectivity index (χ2n) is 5.65. The maximum atomic E-state index is 13.9. The van der Waals surface area contributed by atoms with Crippen molar-refractivity contribution in [2.45, 2.75) is 26.8 Å². The van der Waals surface area contributed by atoms with E-state index in [1.165, 1.54) is 19.2 Å². The summed E-state index contributed by atoms with van der Waals surface area (Å²) in [5, 5.41) is 3.83. The molecule has 0 radical (unpaired) electrons. The van der Waals surface area contributed by atoms with Gasteiger partial charge in [-0.3, -0.25) is 0 Å². The summed E-state index contributed by atoms with van der Waals surface area (Å²) in [6.45, 7) is 5.92. The molecule has 1 heterocycles. The highest BCUT2D eigenvalue weighted by Crippen LogP contribution is 2.31. The van der Waals surface area contributed by atoms with Crippen LogP contribution in [0.15, 0.2) is 22.7 Å². The zero-order valence-corrected chi connectivity index (χ0v) is 12.0. The molecule has 1 aromatic carbocycles. The number of nitrogens with two attached hydrogens (primary N) is 1. The van der Waals surface area contributed by atoms with Gasteiger partial charge in [0.25, 0.3) is 5.89 Å². The number of ether oxygens (including phenoxy) is 1. The summed E-state index contributed by atoms with van der Waals surface area (Å²) in [7, 11) is 1.47. The molecule has 0 spiro atoms. The number of benzene rings is 1. The fraction of sp³-hybridized carbons (Fsp3) is 0.429. The van der Waals surface area contributed by atoms with E-state index in [2.05, 4.69) is 10.1 Å². The van der Waals surface area contributed by atoms with Crippen molar-refractivity contribution in [2.24, 2.45) is 11.1 Å². The lowest BCUT2D eigenvalue weighted by Crippen LogP contribution is -2.27. The first-order valence-electron chi connectivity index (χ1n) is 6.26. The standard InChI is InChI=1S/C14H18FN3O2/c1-14(2,3)11(16)12-17-13(20-18-12)9-6-5-8(19-4)7-10(9)15/h5-7,11H,16H2,1-4H3. The number of aromatic nitrogens is 2. The van der Waals surface area contributed by atoms with Crippen molar-refractivity contribution in [3.8, 4) is 17.2 Å². The topological polar surface area (TPSA) is 74.2 Å². The molecule has 108 valence electrons. The van der Waals surface area contributed by atoms with Gasteiger partial charge in [-0.05, 0) is 17.5 Å². The smallest absolute Gasteiger partial charge is 0.260 e. The minimum absolute atomic E-state index is 0.111. The lowest BCUT2D eigenvalue weighted by atomic mass is 9.87. The van der Waals surface area contributed by atoms with Crippen LogP contribution in [0.3, 0.4) is 0 Å². The summed E-state index contributed by atoms with van der Waals surface area (Å²) >= 11 is 0. The second kappa shape index (κ2) is 5.20. The van der Waals surface area contributed by atoms with Crippen LogP contribution in [-0.4, -0.2) is 17.3 Å². The average molecular weight is 279 g/mol. The Morgan fingerprint density at radius 2 is 2.05 bits per heavy atom. The van der Waals surface area contributed by atoms with Gasteiger partial charge in [-0.25, -0.2) is 4.39 Å². The highest BCUT2D eigenvalue weighted by molar-refractivity contribution is 5.55. The van der Waals surface area contributed by atoms with Crippen LogP contribution in [-0.2, 0) is 0 Å². The van der Waals surface area contributed by atoms with Crippen molar-refractivity contribution in [1.29, 1.82) is 0 Å². The van der Waals surface area contributed by atoms with Gasteiger partial charge in [0.15, 0.2) is 5.82 Å². The number of hydrogen-bond acceptors (Lipinski definition) is 5. The molecule has 2 N–H and O–H groups in total. The van der Waals surface area contributed by atoms with Crippen molar-refractivity contribution < 1.29 is 13.7 Å². The van der Waals surface area contributed by atoms with E-state index in [1.807, 2.05) is 20.8 Å². The number of hydrogen-bond donors (Lipinski definition) is 1. The third-order valence-corrected chi connectivity index (χ3v) is 3.06. The first kappa shape index (κ1) is 14.5. The second-order valence-corrected chi connectivity index (χ2v) is 5.65. The van der Waals surface area contributed by atoms with Crippen molar-refractivity contribution >= 4 is 0 Å². The molecule has 0 bridgehead atoms. The van der Waals surface area contributed by atoms with Crippen molar-refractivity contribution in [2.75, 3.05) is 7.11 Å². The summed E-state index contributed by atoms with van der Waals surface area (Å²) in [6.07, 6.45) is 0. The molecular weight excluding hydrogens is 261 g/mol. The van der Waals surface area contributed by atoms with Crippen molar-refractivity contribution in [1.82, 2.24) is 10.1 Å². The monoisotopic (exact) mass is 279 g/mol. The third kappa shape index (κ3) is 2.80. The predicted octanol–water partition coefficient (Wildman–Crippen LogP) is 2.93. The Balaban J connectivity index is 2.34. The molecule has 0 fully saturated rings. The normalized spacial score (nSPS) is 13.3. The lowest BCUT2D eigenvalue weighted by molar-refractivity contribution is 0.303. The minimum Gasteiger partial charge on any atom is -0.497 e. The quantitative estimate of drug-likeness (QED) is 0.935. The Hall–Kier alpha value is -1.95. The first-order valence-corrected chi connectivity index (χ1v) is 6.26. The molecule has 5 nitrogen and oxygen atoms in total. The molecule has 0 saturated carbocycles. The average Bonchev–Trinajstić information content (AvgIpc) is 2.85. The van der Waals surface area contributed by atoms with Gasteiger partial charge in [0.1, 0.15) is 11.6 Å². The van der Waals surface area contributed by atoms with E-state index in [0.29, 0.717) is 11.6 Å². The number of methoxy groups -OCH3 is 1. The van der Waals surface area contributed by atoms with Gasteiger partial charge in [0, 0.05) is 6.07 Å². The van der Waals surface area contributed by atoms with Crippen LogP contribution in [0.1, 0.15) is 32.6 Å². The number of nitrogens with zero attached hydrogens (tertiary/aromatic N) is 2. The molecule has 0 aliphatic rings.